The molecule has 4 aromatic heterocycles. The van der Waals surface area contributed by atoms with Gasteiger partial charge in [0.25, 0.3) is 0 Å². The number of aromatic nitrogens is 4. The van der Waals surface area contributed by atoms with Gasteiger partial charge < -0.3 is 0 Å². The average Bonchev–Trinajstić information content (AvgIpc) is 3.05. The third-order valence-electron chi connectivity index (χ3n) is 3.65. The summed E-state index contributed by atoms with van der Waals surface area (Å²) < 4.78 is 5.86. The summed E-state index contributed by atoms with van der Waals surface area (Å²) in [5.74, 6) is 0. The largest absolute Gasteiger partial charge is 0.305 e. The lowest BCUT2D eigenvalue weighted by molar-refractivity contribution is -0.644. The Labute approximate surface area is 112 Å². The van der Waals surface area contributed by atoms with Gasteiger partial charge in [-0.25, -0.2) is 4.57 Å². The quantitative estimate of drug-likeness (QED) is 0.402. The van der Waals surface area contributed by atoms with E-state index in [-0.39, 0.29) is 0 Å². The van der Waals surface area contributed by atoms with Crippen molar-refractivity contribution in [3.8, 4) is 10.6 Å². The van der Waals surface area contributed by atoms with Gasteiger partial charge in [0.15, 0.2) is 10.5 Å². The van der Waals surface area contributed by atoms with E-state index in [1.165, 1.54) is 26.6 Å². The molecule has 0 radical (unpaired) electrons. The van der Waals surface area contributed by atoms with Crippen molar-refractivity contribution in [1.82, 2.24) is 14.4 Å². The zero-order valence-electron chi connectivity index (χ0n) is 9.95. The van der Waals surface area contributed by atoms with Crippen LogP contribution in [0.1, 0.15) is 5.69 Å². The summed E-state index contributed by atoms with van der Waals surface area (Å²) in [5, 5.41) is 1.30. The van der Waals surface area contributed by atoms with Crippen molar-refractivity contribution in [2.24, 2.45) is 0 Å². The van der Waals surface area contributed by atoms with Crippen LogP contribution in [0.3, 0.4) is 0 Å². The second-order valence-electron chi connectivity index (χ2n) is 4.69. The molecule has 1 aliphatic rings. The number of rotatable bonds is 0. The molecule has 0 aromatic carbocycles. The number of thiazole rings is 1. The average molecular weight is 265 g/mol. The SMILES string of the molecule is c1cnc2c(c1)-c1sc3cc4cnccn4c3[n+]1C2. The highest BCUT2D eigenvalue weighted by molar-refractivity contribution is 7.21. The third kappa shape index (κ3) is 1.11. The molecule has 0 amide bonds. The van der Waals surface area contributed by atoms with Crippen molar-refractivity contribution in [2.75, 3.05) is 0 Å². The van der Waals surface area contributed by atoms with Gasteiger partial charge in [0.05, 0.1) is 23.7 Å². The second kappa shape index (κ2) is 3.19. The third-order valence-corrected chi connectivity index (χ3v) is 4.80. The van der Waals surface area contributed by atoms with E-state index in [4.69, 9.17) is 0 Å². The molecule has 0 N–H and O–H groups in total. The summed E-state index contributed by atoms with van der Waals surface area (Å²) in [6, 6.07) is 6.37. The first-order valence-corrected chi connectivity index (χ1v) is 6.95. The Morgan fingerprint density at radius 3 is 3.32 bits per heavy atom. The van der Waals surface area contributed by atoms with Crippen LogP contribution >= 0.6 is 11.3 Å². The van der Waals surface area contributed by atoms with Crippen LogP contribution < -0.4 is 4.57 Å². The predicted molar refractivity (Wildman–Crippen MR) is 73.1 cm³/mol. The van der Waals surface area contributed by atoms with E-state index in [9.17, 15) is 0 Å². The van der Waals surface area contributed by atoms with Crippen molar-refractivity contribution >= 4 is 27.2 Å². The Kier molecular flexibility index (Phi) is 1.62. The van der Waals surface area contributed by atoms with Crippen molar-refractivity contribution in [3.63, 3.8) is 0 Å². The number of nitrogens with zero attached hydrogens (tertiary/aromatic N) is 4. The first-order chi connectivity index (χ1) is 9.42. The van der Waals surface area contributed by atoms with Gasteiger partial charge in [0.2, 0.25) is 0 Å². The molecule has 0 aliphatic carbocycles. The molecule has 0 spiro atoms. The minimum absolute atomic E-state index is 0.861. The van der Waals surface area contributed by atoms with Gasteiger partial charge in [-0.15, -0.1) is 0 Å². The Morgan fingerprint density at radius 2 is 2.32 bits per heavy atom. The zero-order chi connectivity index (χ0) is 12.4. The molecular formula is C14H9N4S+. The topological polar surface area (TPSA) is 34.1 Å². The van der Waals surface area contributed by atoms with Crippen LogP contribution in [0.25, 0.3) is 26.4 Å². The monoisotopic (exact) mass is 265 g/mol. The van der Waals surface area contributed by atoms with E-state index < -0.39 is 0 Å². The lowest BCUT2D eigenvalue weighted by atomic mass is 10.2. The summed E-state index contributed by atoms with van der Waals surface area (Å²) >= 11 is 1.83. The number of pyridine rings is 1. The number of hydrogen-bond acceptors (Lipinski definition) is 3. The maximum absolute atomic E-state index is 4.48. The molecule has 0 saturated heterocycles. The standard InChI is InChI=1S/C14H9N4S/c1-2-10-11(16-3-1)8-18-13-12(19-14(10)18)6-9-7-15-4-5-17(9)13/h1-7H,8H2/q+1. The van der Waals surface area contributed by atoms with E-state index in [2.05, 4.69) is 31.1 Å². The maximum Gasteiger partial charge on any atom is 0.305 e. The number of fused-ring (bicyclic) bond motifs is 7. The molecule has 0 fully saturated rings. The lowest BCUT2D eigenvalue weighted by Crippen LogP contribution is -2.31. The lowest BCUT2D eigenvalue weighted by Gasteiger charge is -1.91. The molecule has 0 atom stereocenters. The Balaban J connectivity index is 1.94. The highest BCUT2D eigenvalue weighted by Crippen LogP contribution is 2.35. The predicted octanol–water partition coefficient (Wildman–Crippen LogP) is 2.26. The summed E-state index contributed by atoms with van der Waals surface area (Å²) in [6.45, 7) is 0.861. The van der Waals surface area contributed by atoms with E-state index in [1.54, 1.807) is 0 Å². The molecule has 5 heteroatoms. The Hall–Kier alpha value is -2.27. The molecule has 5 heterocycles. The highest BCUT2D eigenvalue weighted by atomic mass is 32.1. The number of hydrogen-bond donors (Lipinski definition) is 0. The van der Waals surface area contributed by atoms with Gasteiger partial charge in [-0.1, -0.05) is 11.3 Å². The summed E-state index contributed by atoms with van der Waals surface area (Å²) in [5.41, 5.74) is 4.82. The van der Waals surface area contributed by atoms with Crippen LogP contribution in [0.4, 0.5) is 0 Å². The molecule has 19 heavy (non-hydrogen) atoms. The van der Waals surface area contributed by atoms with E-state index >= 15 is 0 Å². The highest BCUT2D eigenvalue weighted by Gasteiger charge is 2.31. The van der Waals surface area contributed by atoms with Crippen LogP contribution in [0.15, 0.2) is 43.0 Å². The first-order valence-electron chi connectivity index (χ1n) is 6.13. The van der Waals surface area contributed by atoms with Crippen molar-refractivity contribution in [2.45, 2.75) is 6.54 Å². The fourth-order valence-electron chi connectivity index (χ4n) is 2.84. The molecule has 4 aromatic rings. The molecule has 0 saturated carbocycles. The van der Waals surface area contributed by atoms with Gasteiger partial charge in [0, 0.05) is 12.3 Å². The Morgan fingerprint density at radius 1 is 1.32 bits per heavy atom. The summed E-state index contributed by atoms with van der Waals surface area (Å²) in [7, 11) is 0. The minimum Gasteiger partial charge on any atom is -0.257 e. The van der Waals surface area contributed by atoms with Crippen molar-refractivity contribution < 1.29 is 4.57 Å². The maximum atomic E-state index is 4.48. The molecule has 0 bridgehead atoms. The van der Waals surface area contributed by atoms with E-state index in [1.807, 2.05) is 42.2 Å². The van der Waals surface area contributed by atoms with Crippen molar-refractivity contribution in [1.29, 1.82) is 0 Å². The van der Waals surface area contributed by atoms with Gasteiger partial charge >= 0.3 is 5.65 Å². The molecular weight excluding hydrogens is 256 g/mol. The zero-order valence-corrected chi connectivity index (χ0v) is 10.8. The normalized spacial score (nSPS) is 13.1. The molecule has 90 valence electrons. The van der Waals surface area contributed by atoms with E-state index in [0.717, 1.165) is 12.1 Å². The fourth-order valence-corrected chi connectivity index (χ4v) is 4.08. The Bertz CT molecular complexity index is 951. The van der Waals surface area contributed by atoms with Gasteiger partial charge in [-0.05, 0) is 12.1 Å². The van der Waals surface area contributed by atoms with E-state index in [0.29, 0.717) is 0 Å². The molecule has 0 unspecified atom stereocenters. The van der Waals surface area contributed by atoms with Crippen LogP contribution in [0.5, 0.6) is 0 Å². The van der Waals surface area contributed by atoms with Gasteiger partial charge in [0.1, 0.15) is 17.4 Å². The summed E-state index contributed by atoms with van der Waals surface area (Å²) in [6.07, 6.45) is 7.62. The van der Waals surface area contributed by atoms with Crippen LogP contribution in [-0.4, -0.2) is 14.4 Å². The van der Waals surface area contributed by atoms with Gasteiger partial charge in [-0.3, -0.25) is 9.97 Å². The fraction of sp³-hybridized carbons (Fsp3) is 0.0714. The molecule has 4 nitrogen and oxygen atoms in total. The van der Waals surface area contributed by atoms with Crippen LogP contribution in [0.2, 0.25) is 0 Å². The van der Waals surface area contributed by atoms with Crippen molar-refractivity contribution in [3.05, 3.63) is 48.7 Å². The molecule has 5 rings (SSSR count). The first kappa shape index (κ1) is 9.63. The minimum atomic E-state index is 0.861. The molecule has 1 aliphatic heterocycles. The second-order valence-corrected chi connectivity index (χ2v) is 5.73. The van der Waals surface area contributed by atoms with Crippen LogP contribution in [-0.2, 0) is 6.54 Å². The smallest absolute Gasteiger partial charge is 0.257 e. The summed E-state index contributed by atoms with van der Waals surface area (Å²) in [4.78, 5) is 8.66. The van der Waals surface area contributed by atoms with Crippen LogP contribution in [0, 0.1) is 0 Å². The van der Waals surface area contributed by atoms with Gasteiger partial charge in [-0.2, -0.15) is 4.40 Å².